The molecule has 1 fully saturated rings. The number of ether oxygens (including phenoxy) is 1. The molecule has 3 heterocycles. The zero-order valence-corrected chi connectivity index (χ0v) is 14.7. The van der Waals surface area contributed by atoms with Crippen molar-refractivity contribution in [2.24, 2.45) is 0 Å². The average Bonchev–Trinajstić information content (AvgIpc) is 3.23. The summed E-state index contributed by atoms with van der Waals surface area (Å²) in [5, 5.41) is 1.92. The van der Waals surface area contributed by atoms with Crippen LogP contribution < -0.4 is 4.90 Å². The molecule has 2 aromatic rings. The summed E-state index contributed by atoms with van der Waals surface area (Å²) >= 11 is 1.48. The minimum Gasteiger partial charge on any atom is -0.378 e. The first-order valence-electron chi connectivity index (χ1n) is 8.23. The summed E-state index contributed by atoms with van der Waals surface area (Å²) < 4.78 is 5.41. The Morgan fingerprint density at radius 3 is 2.44 bits per heavy atom. The van der Waals surface area contributed by atoms with Crippen molar-refractivity contribution in [3.05, 3.63) is 57.9 Å². The van der Waals surface area contributed by atoms with Gasteiger partial charge < -0.3 is 9.64 Å². The van der Waals surface area contributed by atoms with Crippen LogP contribution in [0.1, 0.15) is 10.4 Å². The molecule has 2 amide bonds. The molecule has 0 N–H and O–H groups in total. The van der Waals surface area contributed by atoms with E-state index >= 15 is 0 Å². The summed E-state index contributed by atoms with van der Waals surface area (Å²) in [5.41, 5.74) is 2.55. The van der Waals surface area contributed by atoms with E-state index in [1.54, 1.807) is 0 Å². The normalized spacial score (nSPS) is 18.4. The number of carbonyl (C=O) groups is 2. The zero-order chi connectivity index (χ0) is 17.4. The second-order valence-electron chi connectivity index (χ2n) is 6.03. The van der Waals surface area contributed by atoms with E-state index in [1.165, 1.54) is 16.2 Å². The van der Waals surface area contributed by atoms with Crippen LogP contribution in [-0.4, -0.2) is 43.0 Å². The van der Waals surface area contributed by atoms with Gasteiger partial charge in [-0.2, -0.15) is 0 Å². The van der Waals surface area contributed by atoms with E-state index in [0.717, 1.165) is 10.4 Å². The molecule has 2 aliphatic rings. The smallest absolute Gasteiger partial charge is 0.282 e. The van der Waals surface area contributed by atoms with E-state index in [0.29, 0.717) is 43.3 Å². The summed E-state index contributed by atoms with van der Waals surface area (Å²) in [6, 6.07) is 11.3. The fraction of sp³-hybridized carbons (Fsp3) is 0.263. The van der Waals surface area contributed by atoms with E-state index in [2.05, 4.69) is 0 Å². The third-order valence-corrected chi connectivity index (χ3v) is 5.40. The van der Waals surface area contributed by atoms with Gasteiger partial charge in [0.05, 0.1) is 24.5 Å². The van der Waals surface area contributed by atoms with Crippen LogP contribution in [0.3, 0.4) is 0 Å². The quantitative estimate of drug-likeness (QED) is 0.795. The molecule has 1 aromatic carbocycles. The predicted molar refractivity (Wildman–Crippen MR) is 97.3 cm³/mol. The van der Waals surface area contributed by atoms with Crippen molar-refractivity contribution < 1.29 is 14.3 Å². The SMILES string of the molecule is Cc1ccccc1N1C(=O)C(c2cccs2)=C(N2CCOCC2)C1=O. The number of para-hydroxylation sites is 1. The standard InChI is InChI=1S/C19H18N2O3S/c1-13-5-2-3-6-14(13)21-18(22)16(15-7-4-12-25-15)17(19(21)23)20-8-10-24-11-9-20/h2-7,12H,8-11H2,1H3. The van der Waals surface area contributed by atoms with Gasteiger partial charge in [-0.1, -0.05) is 24.3 Å². The first-order valence-corrected chi connectivity index (χ1v) is 9.11. The summed E-state index contributed by atoms with van der Waals surface area (Å²) in [6.45, 7) is 4.27. The minimum atomic E-state index is -0.247. The molecule has 6 heteroatoms. The van der Waals surface area contributed by atoms with E-state index < -0.39 is 0 Å². The largest absolute Gasteiger partial charge is 0.378 e. The van der Waals surface area contributed by atoms with Gasteiger partial charge in [-0.25, -0.2) is 4.90 Å². The summed E-state index contributed by atoms with van der Waals surface area (Å²) in [6.07, 6.45) is 0. The van der Waals surface area contributed by atoms with Crippen LogP contribution in [0.2, 0.25) is 0 Å². The summed E-state index contributed by atoms with van der Waals surface area (Å²) in [4.78, 5) is 30.6. The Morgan fingerprint density at radius 2 is 1.76 bits per heavy atom. The number of hydrogen-bond acceptors (Lipinski definition) is 5. The van der Waals surface area contributed by atoms with Crippen LogP contribution in [0.15, 0.2) is 47.5 Å². The molecule has 128 valence electrons. The zero-order valence-electron chi connectivity index (χ0n) is 13.9. The van der Waals surface area contributed by atoms with Crippen molar-refractivity contribution in [3.8, 4) is 0 Å². The van der Waals surface area contributed by atoms with Gasteiger partial charge in [0.2, 0.25) is 0 Å². The Labute approximate surface area is 150 Å². The second kappa shape index (κ2) is 6.46. The fourth-order valence-electron chi connectivity index (χ4n) is 3.27. The van der Waals surface area contributed by atoms with Crippen LogP contribution in [0, 0.1) is 6.92 Å². The molecule has 25 heavy (non-hydrogen) atoms. The number of hydrogen-bond donors (Lipinski definition) is 0. The topological polar surface area (TPSA) is 49.9 Å². The lowest BCUT2D eigenvalue weighted by molar-refractivity contribution is -0.121. The Kier molecular flexibility index (Phi) is 4.15. The number of aryl methyl sites for hydroxylation is 1. The van der Waals surface area contributed by atoms with Gasteiger partial charge in [0.25, 0.3) is 11.8 Å². The average molecular weight is 354 g/mol. The van der Waals surface area contributed by atoms with Crippen LogP contribution in [0.25, 0.3) is 5.57 Å². The van der Waals surface area contributed by atoms with Crippen LogP contribution in [0.4, 0.5) is 5.69 Å². The fourth-order valence-corrected chi connectivity index (χ4v) is 4.04. The van der Waals surface area contributed by atoms with E-state index in [1.807, 2.05) is 53.6 Å². The molecule has 0 atom stereocenters. The molecule has 0 saturated carbocycles. The van der Waals surface area contributed by atoms with Crippen molar-refractivity contribution in [3.63, 3.8) is 0 Å². The van der Waals surface area contributed by atoms with E-state index in [4.69, 9.17) is 4.74 Å². The number of carbonyl (C=O) groups excluding carboxylic acids is 2. The molecule has 0 unspecified atom stereocenters. The van der Waals surface area contributed by atoms with Crippen molar-refractivity contribution in [1.82, 2.24) is 4.90 Å². The van der Waals surface area contributed by atoms with Crippen molar-refractivity contribution in [2.75, 3.05) is 31.2 Å². The van der Waals surface area contributed by atoms with Crippen molar-refractivity contribution in [2.45, 2.75) is 6.92 Å². The maximum absolute atomic E-state index is 13.2. The van der Waals surface area contributed by atoms with Crippen LogP contribution >= 0.6 is 11.3 Å². The van der Waals surface area contributed by atoms with E-state index in [-0.39, 0.29) is 11.8 Å². The van der Waals surface area contributed by atoms with Gasteiger partial charge in [-0.15, -0.1) is 11.3 Å². The molecule has 0 aliphatic carbocycles. The number of nitrogens with zero attached hydrogens (tertiary/aromatic N) is 2. The summed E-state index contributed by atoms with van der Waals surface area (Å²) in [5.74, 6) is -0.493. The highest BCUT2D eigenvalue weighted by atomic mass is 32.1. The number of anilines is 1. The second-order valence-corrected chi connectivity index (χ2v) is 6.98. The number of amides is 2. The molecule has 1 saturated heterocycles. The van der Waals surface area contributed by atoms with Crippen LogP contribution in [0.5, 0.6) is 0 Å². The number of morpholine rings is 1. The lowest BCUT2D eigenvalue weighted by atomic mass is 10.1. The monoisotopic (exact) mass is 354 g/mol. The first kappa shape index (κ1) is 16.1. The molecule has 1 aromatic heterocycles. The van der Waals surface area contributed by atoms with Gasteiger partial charge in [0, 0.05) is 18.0 Å². The Morgan fingerprint density at radius 1 is 1.00 bits per heavy atom. The molecular weight excluding hydrogens is 336 g/mol. The highest BCUT2D eigenvalue weighted by molar-refractivity contribution is 7.11. The van der Waals surface area contributed by atoms with Gasteiger partial charge >= 0.3 is 0 Å². The number of imide groups is 1. The van der Waals surface area contributed by atoms with Crippen molar-refractivity contribution in [1.29, 1.82) is 0 Å². The maximum Gasteiger partial charge on any atom is 0.282 e. The molecule has 0 spiro atoms. The predicted octanol–water partition coefficient (Wildman–Crippen LogP) is 2.67. The number of rotatable bonds is 3. The Bertz CT molecular complexity index is 851. The highest BCUT2D eigenvalue weighted by Gasteiger charge is 2.43. The third-order valence-electron chi connectivity index (χ3n) is 4.51. The van der Waals surface area contributed by atoms with Gasteiger partial charge in [-0.3, -0.25) is 9.59 Å². The van der Waals surface area contributed by atoms with Crippen LogP contribution in [-0.2, 0) is 14.3 Å². The van der Waals surface area contributed by atoms with Gasteiger partial charge in [0.1, 0.15) is 5.70 Å². The molecule has 0 bridgehead atoms. The molecule has 5 nitrogen and oxygen atoms in total. The Hall–Kier alpha value is -2.44. The first-order chi connectivity index (χ1) is 12.2. The van der Waals surface area contributed by atoms with Crippen molar-refractivity contribution >= 4 is 34.4 Å². The lowest BCUT2D eigenvalue weighted by Crippen LogP contribution is -2.40. The highest BCUT2D eigenvalue weighted by Crippen LogP contribution is 2.37. The molecule has 2 aliphatic heterocycles. The number of benzene rings is 1. The summed E-state index contributed by atoms with van der Waals surface area (Å²) in [7, 11) is 0. The maximum atomic E-state index is 13.2. The molecular formula is C19H18N2O3S. The lowest BCUT2D eigenvalue weighted by Gasteiger charge is -2.29. The minimum absolute atomic E-state index is 0.246. The molecule has 4 rings (SSSR count). The van der Waals surface area contributed by atoms with Gasteiger partial charge in [-0.05, 0) is 30.0 Å². The van der Waals surface area contributed by atoms with E-state index in [9.17, 15) is 9.59 Å². The third kappa shape index (κ3) is 2.67. The number of thiophene rings is 1. The van der Waals surface area contributed by atoms with Gasteiger partial charge in [0.15, 0.2) is 0 Å². The Balaban J connectivity index is 1.83. The molecule has 0 radical (unpaired) electrons.